The van der Waals surface area contributed by atoms with Gasteiger partial charge in [0.1, 0.15) is 0 Å². The Hall–Kier alpha value is -1.31. The van der Waals surface area contributed by atoms with Gasteiger partial charge < -0.3 is 14.9 Å². The van der Waals surface area contributed by atoms with Crippen molar-refractivity contribution in [2.24, 2.45) is 11.3 Å². The number of hydrogen-bond acceptors (Lipinski definition) is 3. The first-order chi connectivity index (χ1) is 11.2. The van der Waals surface area contributed by atoms with Gasteiger partial charge in [-0.3, -0.25) is 4.79 Å². The molecule has 2 heterocycles. The third-order valence-electron chi connectivity index (χ3n) is 5.25. The SMILES string of the molecule is CCN1CCC2(CCN(CC3CC3)CC2)C1=O.O=C(O)C(F)(F)F. The third-order valence-corrected chi connectivity index (χ3v) is 5.25. The van der Waals surface area contributed by atoms with Crippen molar-refractivity contribution in [3.05, 3.63) is 0 Å². The number of carboxylic acid groups (broad SMARTS) is 1. The van der Waals surface area contributed by atoms with Gasteiger partial charge in [0.25, 0.3) is 0 Å². The lowest BCUT2D eigenvalue weighted by Gasteiger charge is -2.38. The van der Waals surface area contributed by atoms with E-state index in [1.165, 1.54) is 19.4 Å². The zero-order valence-electron chi connectivity index (χ0n) is 13.9. The number of carbonyl (C=O) groups excluding carboxylic acids is 1. The molecule has 0 atom stereocenters. The quantitative estimate of drug-likeness (QED) is 0.849. The lowest BCUT2D eigenvalue weighted by atomic mass is 9.77. The number of likely N-dealkylation sites (tertiary alicyclic amines) is 2. The van der Waals surface area contributed by atoms with E-state index in [4.69, 9.17) is 9.90 Å². The summed E-state index contributed by atoms with van der Waals surface area (Å²) in [6.45, 7) is 7.59. The highest BCUT2D eigenvalue weighted by molar-refractivity contribution is 5.85. The van der Waals surface area contributed by atoms with Crippen LogP contribution in [0.15, 0.2) is 0 Å². The summed E-state index contributed by atoms with van der Waals surface area (Å²) >= 11 is 0. The van der Waals surface area contributed by atoms with Crippen LogP contribution >= 0.6 is 0 Å². The van der Waals surface area contributed by atoms with Crippen molar-refractivity contribution < 1.29 is 27.9 Å². The Kier molecular flexibility index (Phi) is 5.78. The van der Waals surface area contributed by atoms with Crippen molar-refractivity contribution in [3.8, 4) is 0 Å². The van der Waals surface area contributed by atoms with Gasteiger partial charge in [0.15, 0.2) is 0 Å². The highest BCUT2D eigenvalue weighted by Crippen LogP contribution is 2.42. The Balaban J connectivity index is 0.000000256. The molecule has 0 aromatic rings. The number of nitrogens with zero attached hydrogens (tertiary/aromatic N) is 2. The second-order valence-corrected chi connectivity index (χ2v) is 6.96. The minimum atomic E-state index is -5.08. The van der Waals surface area contributed by atoms with E-state index in [1.54, 1.807) is 0 Å². The van der Waals surface area contributed by atoms with Crippen LogP contribution in [0.5, 0.6) is 0 Å². The summed E-state index contributed by atoms with van der Waals surface area (Å²) in [4.78, 5) is 25.9. The Bertz CT molecular complexity index is 470. The molecule has 3 aliphatic rings. The van der Waals surface area contributed by atoms with E-state index in [9.17, 15) is 18.0 Å². The van der Waals surface area contributed by atoms with Gasteiger partial charge in [-0.15, -0.1) is 0 Å². The highest BCUT2D eigenvalue weighted by atomic mass is 19.4. The standard InChI is InChI=1S/C14H24N2O.C2HF3O2/c1-2-16-10-7-14(13(16)17)5-8-15(9-6-14)11-12-3-4-12;3-2(4,5)1(6)7/h12H,2-11H2,1H3;(H,6,7). The van der Waals surface area contributed by atoms with E-state index in [2.05, 4.69) is 16.7 Å². The zero-order chi connectivity index (χ0) is 18.0. The molecule has 0 unspecified atom stereocenters. The zero-order valence-corrected chi connectivity index (χ0v) is 13.9. The number of rotatable bonds is 3. The summed E-state index contributed by atoms with van der Waals surface area (Å²) in [7, 11) is 0. The maximum Gasteiger partial charge on any atom is 0.490 e. The first kappa shape index (κ1) is 19.0. The molecular formula is C16H25F3N2O3. The molecule has 0 radical (unpaired) electrons. The van der Waals surface area contributed by atoms with Gasteiger partial charge in [0.2, 0.25) is 5.91 Å². The van der Waals surface area contributed by atoms with Gasteiger partial charge in [-0.1, -0.05) is 0 Å². The molecule has 1 amide bonds. The molecular weight excluding hydrogens is 325 g/mol. The van der Waals surface area contributed by atoms with Crippen LogP contribution < -0.4 is 0 Å². The first-order valence-electron chi connectivity index (χ1n) is 8.50. The molecule has 0 bridgehead atoms. The maximum absolute atomic E-state index is 12.4. The van der Waals surface area contributed by atoms with Gasteiger partial charge in [-0.05, 0) is 58.0 Å². The molecule has 138 valence electrons. The number of alkyl halides is 3. The Morgan fingerprint density at radius 1 is 1.21 bits per heavy atom. The first-order valence-corrected chi connectivity index (χ1v) is 8.50. The van der Waals surface area contributed by atoms with Crippen LogP contribution in [-0.4, -0.2) is 65.7 Å². The van der Waals surface area contributed by atoms with Gasteiger partial charge >= 0.3 is 12.1 Å². The second-order valence-electron chi connectivity index (χ2n) is 6.96. The molecule has 0 aromatic heterocycles. The van der Waals surface area contributed by atoms with Crippen molar-refractivity contribution in [1.82, 2.24) is 9.80 Å². The maximum atomic E-state index is 12.4. The van der Waals surface area contributed by atoms with E-state index in [1.807, 2.05) is 0 Å². The molecule has 5 nitrogen and oxygen atoms in total. The molecule has 24 heavy (non-hydrogen) atoms. The van der Waals surface area contributed by atoms with Crippen molar-refractivity contribution in [1.29, 1.82) is 0 Å². The fraction of sp³-hybridized carbons (Fsp3) is 0.875. The van der Waals surface area contributed by atoms with Gasteiger partial charge in [0, 0.05) is 19.6 Å². The number of hydrogen-bond donors (Lipinski definition) is 1. The number of aliphatic carboxylic acids is 1. The van der Waals surface area contributed by atoms with Crippen LogP contribution in [0.3, 0.4) is 0 Å². The molecule has 1 N–H and O–H groups in total. The van der Waals surface area contributed by atoms with Crippen LogP contribution in [0.1, 0.15) is 39.0 Å². The lowest BCUT2D eigenvalue weighted by Crippen LogP contribution is -2.45. The van der Waals surface area contributed by atoms with Crippen LogP contribution in [0.2, 0.25) is 0 Å². The van der Waals surface area contributed by atoms with Crippen LogP contribution in [-0.2, 0) is 9.59 Å². The predicted octanol–water partition coefficient (Wildman–Crippen LogP) is 2.36. The van der Waals surface area contributed by atoms with E-state index >= 15 is 0 Å². The number of carboxylic acids is 1. The summed E-state index contributed by atoms with van der Waals surface area (Å²) in [5.41, 5.74) is 0.0378. The fourth-order valence-corrected chi connectivity index (χ4v) is 3.49. The fourth-order valence-electron chi connectivity index (χ4n) is 3.49. The Morgan fingerprint density at radius 3 is 2.08 bits per heavy atom. The Labute approximate surface area is 139 Å². The molecule has 0 aromatic carbocycles. The molecule has 8 heteroatoms. The smallest absolute Gasteiger partial charge is 0.475 e. The van der Waals surface area contributed by atoms with E-state index in [-0.39, 0.29) is 5.41 Å². The molecule has 3 fully saturated rings. The molecule has 2 aliphatic heterocycles. The largest absolute Gasteiger partial charge is 0.490 e. The van der Waals surface area contributed by atoms with E-state index < -0.39 is 12.1 Å². The van der Waals surface area contributed by atoms with E-state index in [0.29, 0.717) is 5.91 Å². The number of carbonyl (C=O) groups is 2. The minimum absolute atomic E-state index is 0.0378. The molecule has 1 aliphatic carbocycles. The number of piperidine rings is 1. The van der Waals surface area contributed by atoms with Crippen LogP contribution in [0.25, 0.3) is 0 Å². The number of halogens is 3. The summed E-state index contributed by atoms with van der Waals surface area (Å²) in [5, 5.41) is 7.12. The lowest BCUT2D eigenvalue weighted by molar-refractivity contribution is -0.192. The molecule has 3 rings (SSSR count). The molecule has 2 saturated heterocycles. The number of amides is 1. The van der Waals surface area contributed by atoms with Gasteiger partial charge in [0.05, 0.1) is 5.41 Å². The molecule has 1 saturated carbocycles. The normalized spacial score (nSPS) is 24.0. The van der Waals surface area contributed by atoms with E-state index in [0.717, 1.165) is 51.4 Å². The van der Waals surface area contributed by atoms with Gasteiger partial charge in [-0.25, -0.2) is 4.79 Å². The summed E-state index contributed by atoms with van der Waals surface area (Å²) in [6, 6.07) is 0. The predicted molar refractivity (Wildman–Crippen MR) is 81.4 cm³/mol. The Morgan fingerprint density at radius 2 is 1.71 bits per heavy atom. The highest BCUT2D eigenvalue weighted by Gasteiger charge is 2.47. The minimum Gasteiger partial charge on any atom is -0.475 e. The third kappa shape index (κ3) is 4.62. The van der Waals surface area contributed by atoms with Crippen LogP contribution in [0, 0.1) is 11.3 Å². The topological polar surface area (TPSA) is 60.9 Å². The van der Waals surface area contributed by atoms with Gasteiger partial charge in [-0.2, -0.15) is 13.2 Å². The van der Waals surface area contributed by atoms with Crippen molar-refractivity contribution >= 4 is 11.9 Å². The average molecular weight is 350 g/mol. The summed E-state index contributed by atoms with van der Waals surface area (Å²) in [5.74, 6) is -1.32. The average Bonchev–Trinajstić information content (AvgIpc) is 3.28. The van der Waals surface area contributed by atoms with Crippen molar-refractivity contribution in [2.45, 2.75) is 45.2 Å². The summed E-state index contributed by atoms with van der Waals surface area (Å²) < 4.78 is 31.7. The van der Waals surface area contributed by atoms with Crippen LogP contribution in [0.4, 0.5) is 13.2 Å². The second kappa shape index (κ2) is 7.29. The monoisotopic (exact) mass is 350 g/mol. The molecule has 1 spiro atoms. The van der Waals surface area contributed by atoms with Crippen molar-refractivity contribution in [2.75, 3.05) is 32.7 Å². The summed E-state index contributed by atoms with van der Waals surface area (Å²) in [6.07, 6.45) is 1.11. The van der Waals surface area contributed by atoms with Crippen molar-refractivity contribution in [3.63, 3.8) is 0 Å².